The lowest BCUT2D eigenvalue weighted by Gasteiger charge is -2.27. The van der Waals surface area contributed by atoms with E-state index in [4.69, 9.17) is 5.73 Å². The zero-order valence-electron chi connectivity index (χ0n) is 10.7. The molecule has 1 aromatic heterocycles. The highest BCUT2D eigenvalue weighted by Crippen LogP contribution is 2.08. The Morgan fingerprint density at radius 1 is 1.50 bits per heavy atom. The minimum atomic E-state index is 0.373. The molecule has 6 heteroatoms. The van der Waals surface area contributed by atoms with Crippen molar-refractivity contribution in [2.45, 2.75) is 6.54 Å². The van der Waals surface area contributed by atoms with Crippen LogP contribution in [0.2, 0.25) is 0 Å². The first-order valence-electron chi connectivity index (χ1n) is 6.15. The number of aliphatic imine (C=N–C) groups is 1. The molecule has 4 N–H and O–H groups in total. The first-order chi connectivity index (χ1) is 8.78. The third-order valence-corrected chi connectivity index (χ3v) is 2.94. The summed E-state index contributed by atoms with van der Waals surface area (Å²) in [6.45, 7) is 5.27. The van der Waals surface area contributed by atoms with E-state index in [0.29, 0.717) is 5.96 Å². The molecule has 0 atom stereocenters. The first kappa shape index (κ1) is 12.8. The Kier molecular flexibility index (Phi) is 4.49. The summed E-state index contributed by atoms with van der Waals surface area (Å²) in [5.74, 6) is 1.10. The maximum absolute atomic E-state index is 5.58. The predicted octanol–water partition coefficient (Wildman–Crippen LogP) is -0.157. The van der Waals surface area contributed by atoms with Gasteiger partial charge in [0.1, 0.15) is 5.82 Å². The molecule has 0 radical (unpaired) electrons. The number of nitrogens with two attached hydrogens (primary N) is 1. The van der Waals surface area contributed by atoms with Gasteiger partial charge >= 0.3 is 0 Å². The molecular weight excluding hydrogens is 228 g/mol. The van der Waals surface area contributed by atoms with Crippen molar-refractivity contribution in [1.82, 2.24) is 15.2 Å². The van der Waals surface area contributed by atoms with Crippen molar-refractivity contribution in [3.05, 3.63) is 23.9 Å². The number of rotatable bonds is 3. The summed E-state index contributed by atoms with van der Waals surface area (Å²) in [7, 11) is 1.64. The van der Waals surface area contributed by atoms with Crippen molar-refractivity contribution in [1.29, 1.82) is 0 Å². The third kappa shape index (κ3) is 3.68. The number of nitrogens with one attached hydrogen (secondary N) is 2. The quantitative estimate of drug-likeness (QED) is 0.512. The van der Waals surface area contributed by atoms with Crippen molar-refractivity contribution in [2.75, 3.05) is 38.5 Å². The monoisotopic (exact) mass is 248 g/mol. The van der Waals surface area contributed by atoms with Crippen molar-refractivity contribution in [3.63, 3.8) is 0 Å². The maximum Gasteiger partial charge on any atom is 0.194 e. The number of anilines is 1. The Morgan fingerprint density at radius 2 is 2.28 bits per heavy atom. The van der Waals surface area contributed by atoms with Crippen LogP contribution >= 0.6 is 0 Å². The van der Waals surface area contributed by atoms with Crippen LogP contribution < -0.4 is 16.4 Å². The average Bonchev–Trinajstić information content (AvgIpc) is 2.42. The zero-order chi connectivity index (χ0) is 12.8. The topological polar surface area (TPSA) is 78.6 Å². The van der Waals surface area contributed by atoms with Crippen molar-refractivity contribution in [2.24, 2.45) is 10.7 Å². The second-order valence-corrected chi connectivity index (χ2v) is 4.31. The van der Waals surface area contributed by atoms with Crippen LogP contribution in [0.4, 0.5) is 5.82 Å². The number of nitrogens with zero attached hydrogens (tertiary/aromatic N) is 3. The normalized spacial score (nSPS) is 17.7. The summed E-state index contributed by atoms with van der Waals surface area (Å²) in [6.07, 6.45) is 1.88. The Morgan fingerprint density at radius 3 is 2.89 bits per heavy atom. The van der Waals surface area contributed by atoms with Crippen LogP contribution in [0.25, 0.3) is 0 Å². The molecule has 0 aliphatic carbocycles. The van der Waals surface area contributed by atoms with Crippen LogP contribution in [0.3, 0.4) is 0 Å². The summed E-state index contributed by atoms with van der Waals surface area (Å²) in [4.78, 5) is 10.6. The van der Waals surface area contributed by atoms with Crippen LogP contribution in [0.5, 0.6) is 0 Å². The number of piperazine rings is 1. The van der Waals surface area contributed by atoms with Crippen LogP contribution in [0.15, 0.2) is 23.3 Å². The average molecular weight is 248 g/mol. The van der Waals surface area contributed by atoms with E-state index >= 15 is 0 Å². The molecule has 0 amide bonds. The fourth-order valence-electron chi connectivity index (χ4n) is 1.91. The molecule has 0 unspecified atom stereocenters. The van der Waals surface area contributed by atoms with E-state index in [1.54, 1.807) is 7.05 Å². The molecule has 0 bridgehead atoms. The molecule has 1 aliphatic rings. The van der Waals surface area contributed by atoms with Crippen LogP contribution in [0.1, 0.15) is 5.56 Å². The lowest BCUT2D eigenvalue weighted by molar-refractivity contribution is 0.233. The lowest BCUT2D eigenvalue weighted by atomic mass is 10.2. The van der Waals surface area contributed by atoms with E-state index in [1.807, 2.05) is 12.3 Å². The summed E-state index contributed by atoms with van der Waals surface area (Å²) in [6, 6.07) is 4.00. The lowest BCUT2D eigenvalue weighted by Crippen LogP contribution is -2.42. The molecule has 98 valence electrons. The van der Waals surface area contributed by atoms with Gasteiger partial charge in [-0.15, -0.1) is 0 Å². The first-order valence-corrected chi connectivity index (χ1v) is 6.15. The highest BCUT2D eigenvalue weighted by atomic mass is 15.2. The molecule has 0 saturated carbocycles. The Bertz CT molecular complexity index is 394. The standard InChI is InChI=1S/C12H20N6/c1-14-12(13)17-11-3-2-10(8-16-11)9-18-6-4-15-5-7-18/h2-3,8,15H,4-7,9H2,1H3,(H3,13,14,16,17). The summed E-state index contributed by atoms with van der Waals surface area (Å²) in [5, 5.41) is 6.26. The van der Waals surface area contributed by atoms with Gasteiger partial charge in [-0.2, -0.15) is 0 Å². The van der Waals surface area contributed by atoms with Gasteiger partial charge in [0.15, 0.2) is 5.96 Å². The SMILES string of the molecule is CN=C(N)Nc1ccc(CN2CCNCC2)cn1. The Hall–Kier alpha value is -1.66. The number of hydrogen-bond donors (Lipinski definition) is 3. The second kappa shape index (κ2) is 6.32. The van der Waals surface area contributed by atoms with Gasteiger partial charge in [0.25, 0.3) is 0 Å². The molecule has 2 rings (SSSR count). The number of hydrogen-bond acceptors (Lipinski definition) is 4. The van der Waals surface area contributed by atoms with E-state index in [0.717, 1.165) is 38.5 Å². The molecule has 1 aliphatic heterocycles. The van der Waals surface area contributed by atoms with Crippen molar-refractivity contribution < 1.29 is 0 Å². The van der Waals surface area contributed by atoms with E-state index in [9.17, 15) is 0 Å². The van der Waals surface area contributed by atoms with Gasteiger partial charge in [-0.05, 0) is 11.6 Å². The maximum atomic E-state index is 5.58. The minimum absolute atomic E-state index is 0.373. The van der Waals surface area contributed by atoms with Gasteiger partial charge in [-0.1, -0.05) is 6.07 Å². The molecule has 6 nitrogen and oxygen atoms in total. The fraction of sp³-hybridized carbons (Fsp3) is 0.500. The van der Waals surface area contributed by atoms with E-state index in [-0.39, 0.29) is 0 Å². The Balaban J connectivity index is 1.90. The van der Waals surface area contributed by atoms with E-state index in [1.165, 1.54) is 5.56 Å². The Labute approximate surface area is 107 Å². The van der Waals surface area contributed by atoms with Gasteiger partial charge in [-0.3, -0.25) is 9.89 Å². The summed E-state index contributed by atoms with van der Waals surface area (Å²) < 4.78 is 0. The van der Waals surface area contributed by atoms with E-state index in [2.05, 4.69) is 31.6 Å². The number of pyridine rings is 1. The molecule has 2 heterocycles. The zero-order valence-corrected chi connectivity index (χ0v) is 10.7. The molecule has 1 saturated heterocycles. The van der Waals surface area contributed by atoms with E-state index < -0.39 is 0 Å². The minimum Gasteiger partial charge on any atom is -0.370 e. The summed E-state index contributed by atoms with van der Waals surface area (Å²) >= 11 is 0. The molecule has 1 aromatic rings. The number of aromatic nitrogens is 1. The molecular formula is C12H20N6. The smallest absolute Gasteiger partial charge is 0.194 e. The van der Waals surface area contributed by atoms with Crippen molar-refractivity contribution >= 4 is 11.8 Å². The second-order valence-electron chi connectivity index (χ2n) is 4.31. The molecule has 18 heavy (non-hydrogen) atoms. The van der Waals surface area contributed by atoms with Crippen molar-refractivity contribution in [3.8, 4) is 0 Å². The van der Waals surface area contributed by atoms with Gasteiger partial charge in [0.2, 0.25) is 0 Å². The fourth-order valence-corrected chi connectivity index (χ4v) is 1.91. The van der Waals surface area contributed by atoms with Crippen LogP contribution in [-0.2, 0) is 6.54 Å². The number of guanidine groups is 1. The molecule has 0 aromatic carbocycles. The van der Waals surface area contributed by atoms with Crippen LogP contribution in [-0.4, -0.2) is 49.1 Å². The summed E-state index contributed by atoms with van der Waals surface area (Å²) in [5.41, 5.74) is 6.79. The van der Waals surface area contributed by atoms with Gasteiger partial charge in [0.05, 0.1) is 0 Å². The largest absolute Gasteiger partial charge is 0.370 e. The predicted molar refractivity (Wildman–Crippen MR) is 73.6 cm³/mol. The van der Waals surface area contributed by atoms with Gasteiger partial charge in [0, 0.05) is 46.0 Å². The van der Waals surface area contributed by atoms with Gasteiger partial charge < -0.3 is 16.4 Å². The van der Waals surface area contributed by atoms with Gasteiger partial charge in [-0.25, -0.2) is 4.98 Å². The third-order valence-electron chi connectivity index (χ3n) is 2.94. The van der Waals surface area contributed by atoms with Crippen LogP contribution in [0, 0.1) is 0 Å². The highest BCUT2D eigenvalue weighted by Gasteiger charge is 2.09. The highest BCUT2D eigenvalue weighted by molar-refractivity contribution is 5.91. The molecule has 1 fully saturated rings. The molecule has 0 spiro atoms.